The van der Waals surface area contributed by atoms with Gasteiger partial charge >= 0.3 is 0 Å². The van der Waals surface area contributed by atoms with Gasteiger partial charge in [0, 0.05) is 26.7 Å². The molecule has 0 bridgehead atoms. The summed E-state index contributed by atoms with van der Waals surface area (Å²) in [5.74, 6) is 0. The smallest absolute Gasteiger partial charge is 0.103 e. The van der Waals surface area contributed by atoms with Crippen LogP contribution in [0.3, 0.4) is 0 Å². The molecule has 0 saturated heterocycles. The van der Waals surface area contributed by atoms with Crippen LogP contribution in [0.1, 0.15) is 30.1 Å². The third-order valence-electron chi connectivity index (χ3n) is 2.96. The highest BCUT2D eigenvalue weighted by Gasteiger charge is 2.18. The molecule has 2 heterocycles. The van der Waals surface area contributed by atoms with Crippen LogP contribution in [0.15, 0.2) is 12.5 Å². The Morgan fingerprint density at radius 1 is 1.44 bits per heavy atom. The van der Waals surface area contributed by atoms with E-state index in [-0.39, 0.29) is 0 Å². The number of aliphatic hydroxyl groups excluding tert-OH is 1. The summed E-state index contributed by atoms with van der Waals surface area (Å²) in [6.07, 6.45) is 4.01. The Morgan fingerprint density at radius 3 is 2.67 bits per heavy atom. The third kappa shape index (κ3) is 2.42. The van der Waals surface area contributed by atoms with E-state index in [9.17, 15) is 5.11 Å². The number of hydrogen-bond acceptors (Lipinski definition) is 3. The van der Waals surface area contributed by atoms with Gasteiger partial charge in [-0.25, -0.2) is 4.98 Å². The Balaban J connectivity index is 2.21. The van der Waals surface area contributed by atoms with E-state index in [4.69, 9.17) is 11.6 Å². The van der Waals surface area contributed by atoms with E-state index in [1.165, 1.54) is 0 Å². The predicted octanol–water partition coefficient (Wildman–Crippen LogP) is 1.65. The lowest BCUT2D eigenvalue weighted by Gasteiger charge is -2.08. The van der Waals surface area contributed by atoms with Crippen LogP contribution in [0.2, 0.25) is 5.02 Å². The van der Waals surface area contributed by atoms with Gasteiger partial charge in [-0.05, 0) is 6.42 Å². The van der Waals surface area contributed by atoms with Gasteiger partial charge in [0.25, 0.3) is 0 Å². The van der Waals surface area contributed by atoms with Crippen LogP contribution in [0, 0.1) is 0 Å². The molecular weight excluding hydrogens is 252 g/mol. The Hall–Kier alpha value is -1.33. The van der Waals surface area contributed by atoms with Crippen molar-refractivity contribution in [1.82, 2.24) is 19.3 Å². The molecule has 0 aliphatic rings. The number of aliphatic hydroxyl groups is 1. The Kier molecular flexibility index (Phi) is 3.73. The standard InChI is InChI=1S/C12H17ClN4O/c1-4-8-12(13)10(17(3)15-8)5-11(18)9-6-16(2)7-14-9/h6-7,11,18H,4-5H2,1-3H3. The normalized spacial score (nSPS) is 12.9. The van der Waals surface area contributed by atoms with Crippen LogP contribution in [-0.2, 0) is 26.9 Å². The number of aryl methyl sites for hydroxylation is 3. The number of aromatic nitrogens is 4. The fourth-order valence-electron chi connectivity index (χ4n) is 1.93. The molecule has 5 nitrogen and oxygen atoms in total. The van der Waals surface area contributed by atoms with Crippen molar-refractivity contribution in [1.29, 1.82) is 0 Å². The molecule has 2 aromatic rings. The van der Waals surface area contributed by atoms with Crippen LogP contribution in [0.4, 0.5) is 0 Å². The molecule has 2 rings (SSSR count). The second-order valence-corrected chi connectivity index (χ2v) is 4.75. The number of halogens is 1. The average Bonchev–Trinajstić information content (AvgIpc) is 2.87. The first-order chi connectivity index (χ1) is 8.52. The molecule has 0 fully saturated rings. The zero-order valence-corrected chi connectivity index (χ0v) is 11.5. The quantitative estimate of drug-likeness (QED) is 0.917. The maximum absolute atomic E-state index is 10.1. The van der Waals surface area contributed by atoms with E-state index in [0.29, 0.717) is 17.1 Å². The summed E-state index contributed by atoms with van der Waals surface area (Å²) >= 11 is 6.25. The van der Waals surface area contributed by atoms with Crippen LogP contribution >= 0.6 is 11.6 Å². The lowest BCUT2D eigenvalue weighted by atomic mass is 10.1. The molecule has 2 aromatic heterocycles. The molecule has 0 aliphatic heterocycles. The van der Waals surface area contributed by atoms with Crippen molar-refractivity contribution in [2.75, 3.05) is 0 Å². The van der Waals surface area contributed by atoms with Gasteiger partial charge in [-0.3, -0.25) is 4.68 Å². The molecule has 98 valence electrons. The third-order valence-corrected chi connectivity index (χ3v) is 3.39. The number of nitrogens with zero attached hydrogens (tertiary/aromatic N) is 4. The zero-order valence-electron chi connectivity index (χ0n) is 10.8. The molecule has 1 unspecified atom stereocenters. The molecule has 0 aromatic carbocycles. The van der Waals surface area contributed by atoms with Crippen molar-refractivity contribution >= 4 is 11.6 Å². The molecular formula is C12H17ClN4O. The van der Waals surface area contributed by atoms with Crippen molar-refractivity contribution in [2.45, 2.75) is 25.9 Å². The van der Waals surface area contributed by atoms with Crippen LogP contribution < -0.4 is 0 Å². The van der Waals surface area contributed by atoms with Crippen molar-refractivity contribution in [3.8, 4) is 0 Å². The summed E-state index contributed by atoms with van der Waals surface area (Å²) in [7, 11) is 3.71. The van der Waals surface area contributed by atoms with Crippen molar-refractivity contribution in [3.05, 3.63) is 34.6 Å². The lowest BCUT2D eigenvalue weighted by molar-refractivity contribution is 0.171. The monoisotopic (exact) mass is 268 g/mol. The molecule has 0 aliphatic carbocycles. The van der Waals surface area contributed by atoms with Gasteiger partial charge in [-0.1, -0.05) is 18.5 Å². The first-order valence-electron chi connectivity index (χ1n) is 5.89. The first-order valence-corrected chi connectivity index (χ1v) is 6.26. The maximum Gasteiger partial charge on any atom is 0.103 e. The molecule has 0 spiro atoms. The van der Waals surface area contributed by atoms with E-state index in [1.807, 2.05) is 21.0 Å². The Labute approximate surface area is 111 Å². The fourth-order valence-corrected chi connectivity index (χ4v) is 2.31. The summed E-state index contributed by atoms with van der Waals surface area (Å²) in [5.41, 5.74) is 2.35. The summed E-state index contributed by atoms with van der Waals surface area (Å²) in [4.78, 5) is 4.14. The predicted molar refractivity (Wildman–Crippen MR) is 69.5 cm³/mol. The van der Waals surface area contributed by atoms with Gasteiger partial charge in [-0.15, -0.1) is 0 Å². The average molecular weight is 269 g/mol. The number of rotatable bonds is 4. The largest absolute Gasteiger partial charge is 0.386 e. The summed E-state index contributed by atoms with van der Waals surface area (Å²) in [5, 5.41) is 15.1. The molecule has 1 atom stereocenters. The van der Waals surface area contributed by atoms with Crippen LogP contribution in [0.5, 0.6) is 0 Å². The van der Waals surface area contributed by atoms with Crippen molar-refractivity contribution < 1.29 is 5.11 Å². The second kappa shape index (κ2) is 5.12. The highest BCUT2D eigenvalue weighted by Crippen LogP contribution is 2.25. The van der Waals surface area contributed by atoms with Gasteiger partial charge in [0.1, 0.15) is 6.10 Å². The number of imidazole rings is 1. The van der Waals surface area contributed by atoms with Gasteiger partial charge in [-0.2, -0.15) is 5.10 Å². The van der Waals surface area contributed by atoms with E-state index in [2.05, 4.69) is 10.1 Å². The number of hydrogen-bond donors (Lipinski definition) is 1. The highest BCUT2D eigenvalue weighted by molar-refractivity contribution is 6.31. The van der Waals surface area contributed by atoms with Gasteiger partial charge in [0.05, 0.1) is 28.4 Å². The van der Waals surface area contributed by atoms with E-state index < -0.39 is 6.10 Å². The van der Waals surface area contributed by atoms with E-state index in [0.717, 1.165) is 17.8 Å². The fraction of sp³-hybridized carbons (Fsp3) is 0.500. The maximum atomic E-state index is 10.1. The molecule has 6 heteroatoms. The minimum atomic E-state index is -0.663. The summed E-state index contributed by atoms with van der Waals surface area (Å²) in [6, 6.07) is 0. The van der Waals surface area contributed by atoms with Gasteiger partial charge < -0.3 is 9.67 Å². The van der Waals surface area contributed by atoms with E-state index >= 15 is 0 Å². The van der Waals surface area contributed by atoms with Crippen molar-refractivity contribution in [3.63, 3.8) is 0 Å². The summed E-state index contributed by atoms with van der Waals surface area (Å²) < 4.78 is 3.54. The minimum absolute atomic E-state index is 0.416. The Morgan fingerprint density at radius 2 is 2.17 bits per heavy atom. The summed E-state index contributed by atoms with van der Waals surface area (Å²) in [6.45, 7) is 2.01. The SMILES string of the molecule is CCc1nn(C)c(CC(O)c2cn(C)cn2)c1Cl. The molecule has 0 radical (unpaired) electrons. The van der Waals surface area contributed by atoms with Crippen LogP contribution in [-0.4, -0.2) is 24.4 Å². The van der Waals surface area contributed by atoms with Gasteiger partial charge in [0.2, 0.25) is 0 Å². The Bertz CT molecular complexity index is 546. The zero-order chi connectivity index (χ0) is 13.3. The highest BCUT2D eigenvalue weighted by atomic mass is 35.5. The second-order valence-electron chi connectivity index (χ2n) is 4.37. The lowest BCUT2D eigenvalue weighted by Crippen LogP contribution is -2.07. The van der Waals surface area contributed by atoms with Crippen molar-refractivity contribution in [2.24, 2.45) is 14.1 Å². The molecule has 18 heavy (non-hydrogen) atoms. The molecule has 0 saturated carbocycles. The van der Waals surface area contributed by atoms with E-state index in [1.54, 1.807) is 21.8 Å². The minimum Gasteiger partial charge on any atom is -0.386 e. The first kappa shape index (κ1) is 13.1. The van der Waals surface area contributed by atoms with Crippen LogP contribution in [0.25, 0.3) is 0 Å². The molecule has 1 N–H and O–H groups in total. The topological polar surface area (TPSA) is 55.9 Å². The van der Waals surface area contributed by atoms with Gasteiger partial charge in [0.15, 0.2) is 0 Å². The molecule has 0 amide bonds.